The lowest BCUT2D eigenvalue weighted by molar-refractivity contribution is -0.141. The maximum absolute atomic E-state index is 11.9. The van der Waals surface area contributed by atoms with Gasteiger partial charge in [-0.2, -0.15) is 0 Å². The predicted octanol–water partition coefficient (Wildman–Crippen LogP) is 3.39. The maximum Gasteiger partial charge on any atom is 0.305 e. The third kappa shape index (κ3) is 8.78. The second-order valence-corrected chi connectivity index (χ2v) is 5.42. The standard InChI is InChI=1S/C21H24O5/c1-25-20-12-8-7-9-17(20)13-14-18(22)10-5-3-4-6-11-19(23)15-16-21(24)26-2/h3-12H,13-16H2,1-2H3/b4-3+,10-5+,11-6+. The van der Waals surface area contributed by atoms with Crippen molar-refractivity contribution in [1.29, 1.82) is 0 Å². The molecule has 0 aromatic heterocycles. The van der Waals surface area contributed by atoms with Crippen molar-refractivity contribution < 1.29 is 23.9 Å². The number of ether oxygens (including phenoxy) is 2. The van der Waals surface area contributed by atoms with Crippen LogP contribution in [0.3, 0.4) is 0 Å². The average Bonchev–Trinajstić information content (AvgIpc) is 2.67. The number of aryl methyl sites for hydroxylation is 1. The number of benzene rings is 1. The number of para-hydroxylation sites is 1. The van der Waals surface area contributed by atoms with E-state index < -0.39 is 5.97 Å². The summed E-state index contributed by atoms with van der Waals surface area (Å²) >= 11 is 0. The Kier molecular flexibility index (Phi) is 10.1. The molecule has 0 spiro atoms. The summed E-state index contributed by atoms with van der Waals surface area (Å²) in [6, 6.07) is 7.62. The number of hydrogen-bond donors (Lipinski definition) is 0. The van der Waals surface area contributed by atoms with E-state index >= 15 is 0 Å². The fourth-order valence-electron chi connectivity index (χ4n) is 2.12. The molecular weight excluding hydrogens is 332 g/mol. The first kappa shape index (κ1) is 21.1. The lowest BCUT2D eigenvalue weighted by Crippen LogP contribution is -2.03. The fourth-order valence-corrected chi connectivity index (χ4v) is 2.12. The summed E-state index contributed by atoms with van der Waals surface area (Å²) in [6.45, 7) is 0. The topological polar surface area (TPSA) is 69.7 Å². The highest BCUT2D eigenvalue weighted by Crippen LogP contribution is 2.18. The van der Waals surface area contributed by atoms with Crippen LogP contribution in [0.2, 0.25) is 0 Å². The molecule has 0 aliphatic rings. The van der Waals surface area contributed by atoms with Crippen LogP contribution < -0.4 is 4.74 Å². The smallest absolute Gasteiger partial charge is 0.305 e. The summed E-state index contributed by atoms with van der Waals surface area (Å²) in [4.78, 5) is 34.2. The first-order valence-corrected chi connectivity index (χ1v) is 8.32. The number of methoxy groups -OCH3 is 2. The van der Waals surface area contributed by atoms with Gasteiger partial charge in [0.05, 0.1) is 20.6 Å². The van der Waals surface area contributed by atoms with Gasteiger partial charge in [-0.05, 0) is 30.2 Å². The Morgan fingerprint density at radius 2 is 1.46 bits per heavy atom. The van der Waals surface area contributed by atoms with E-state index in [0.29, 0.717) is 12.8 Å². The van der Waals surface area contributed by atoms with Crippen molar-refractivity contribution in [3.8, 4) is 5.75 Å². The molecule has 0 radical (unpaired) electrons. The van der Waals surface area contributed by atoms with Gasteiger partial charge in [-0.3, -0.25) is 14.4 Å². The molecular formula is C21H24O5. The van der Waals surface area contributed by atoms with Crippen molar-refractivity contribution in [2.45, 2.75) is 25.7 Å². The fraction of sp³-hybridized carbons (Fsp3) is 0.286. The molecule has 138 valence electrons. The van der Waals surface area contributed by atoms with Crippen molar-refractivity contribution >= 4 is 17.5 Å². The molecule has 1 rings (SSSR count). The molecule has 0 aliphatic heterocycles. The van der Waals surface area contributed by atoms with Crippen LogP contribution in [0.15, 0.2) is 60.7 Å². The van der Waals surface area contributed by atoms with Gasteiger partial charge in [0.15, 0.2) is 11.6 Å². The Hall–Kier alpha value is -2.95. The Morgan fingerprint density at radius 1 is 0.846 bits per heavy atom. The second-order valence-electron chi connectivity index (χ2n) is 5.42. The van der Waals surface area contributed by atoms with Gasteiger partial charge in [0.25, 0.3) is 0 Å². The van der Waals surface area contributed by atoms with E-state index in [1.807, 2.05) is 24.3 Å². The van der Waals surface area contributed by atoms with Gasteiger partial charge in [-0.25, -0.2) is 0 Å². The predicted molar refractivity (Wildman–Crippen MR) is 100.0 cm³/mol. The Bertz CT molecular complexity index is 698. The van der Waals surface area contributed by atoms with Crippen LogP contribution >= 0.6 is 0 Å². The average molecular weight is 356 g/mol. The zero-order valence-corrected chi connectivity index (χ0v) is 15.1. The molecule has 26 heavy (non-hydrogen) atoms. The van der Waals surface area contributed by atoms with E-state index in [2.05, 4.69) is 4.74 Å². The van der Waals surface area contributed by atoms with E-state index in [0.717, 1.165) is 11.3 Å². The van der Waals surface area contributed by atoms with Crippen LogP contribution in [0.25, 0.3) is 0 Å². The van der Waals surface area contributed by atoms with Gasteiger partial charge in [-0.1, -0.05) is 42.5 Å². The summed E-state index contributed by atoms with van der Waals surface area (Å²) < 4.78 is 9.72. The van der Waals surface area contributed by atoms with Crippen LogP contribution in [0.5, 0.6) is 5.75 Å². The van der Waals surface area contributed by atoms with Crippen molar-refractivity contribution in [1.82, 2.24) is 0 Å². The second kappa shape index (κ2) is 12.4. The number of hydrogen-bond acceptors (Lipinski definition) is 5. The first-order valence-electron chi connectivity index (χ1n) is 8.32. The number of ketones is 2. The molecule has 0 bridgehead atoms. The lowest BCUT2D eigenvalue weighted by Gasteiger charge is -2.06. The molecule has 0 aliphatic carbocycles. The minimum Gasteiger partial charge on any atom is -0.496 e. The number of esters is 1. The van der Waals surface area contributed by atoms with Crippen LogP contribution in [-0.4, -0.2) is 31.8 Å². The highest BCUT2D eigenvalue weighted by atomic mass is 16.5. The van der Waals surface area contributed by atoms with Gasteiger partial charge in [0.1, 0.15) is 5.75 Å². The summed E-state index contributed by atoms with van der Waals surface area (Å²) in [7, 11) is 2.90. The summed E-state index contributed by atoms with van der Waals surface area (Å²) in [6.07, 6.45) is 10.6. The van der Waals surface area contributed by atoms with Crippen molar-refractivity contribution in [3.63, 3.8) is 0 Å². The monoisotopic (exact) mass is 356 g/mol. The summed E-state index contributed by atoms with van der Waals surface area (Å²) in [5, 5.41) is 0. The molecule has 0 heterocycles. The van der Waals surface area contributed by atoms with E-state index in [-0.39, 0.29) is 24.4 Å². The van der Waals surface area contributed by atoms with Gasteiger partial charge in [-0.15, -0.1) is 0 Å². The third-order valence-electron chi connectivity index (χ3n) is 3.53. The lowest BCUT2D eigenvalue weighted by atomic mass is 10.1. The largest absolute Gasteiger partial charge is 0.496 e. The number of rotatable bonds is 11. The molecule has 1 aromatic carbocycles. The van der Waals surface area contributed by atoms with Crippen molar-refractivity contribution in [3.05, 3.63) is 66.3 Å². The van der Waals surface area contributed by atoms with Crippen molar-refractivity contribution in [2.24, 2.45) is 0 Å². The Balaban J connectivity index is 2.33. The minimum atomic E-state index is -0.406. The van der Waals surface area contributed by atoms with Crippen LogP contribution in [0.1, 0.15) is 24.8 Å². The number of carbonyl (C=O) groups is 3. The number of carbonyl (C=O) groups excluding carboxylic acids is 3. The van der Waals surface area contributed by atoms with Crippen LogP contribution in [0, 0.1) is 0 Å². The Labute approximate surface area is 154 Å². The van der Waals surface area contributed by atoms with E-state index in [4.69, 9.17) is 4.74 Å². The molecule has 0 fully saturated rings. The normalized spacial score (nSPS) is 11.3. The van der Waals surface area contributed by atoms with Crippen LogP contribution in [0.4, 0.5) is 0 Å². The van der Waals surface area contributed by atoms with Crippen molar-refractivity contribution in [2.75, 3.05) is 14.2 Å². The summed E-state index contributed by atoms with van der Waals surface area (Å²) in [5.41, 5.74) is 1.00. The molecule has 0 saturated carbocycles. The zero-order valence-electron chi connectivity index (χ0n) is 15.1. The molecule has 5 heteroatoms. The molecule has 0 atom stereocenters. The van der Waals surface area contributed by atoms with E-state index in [1.165, 1.54) is 19.3 Å². The van der Waals surface area contributed by atoms with Crippen LogP contribution in [-0.2, 0) is 25.5 Å². The molecule has 0 unspecified atom stereocenters. The SMILES string of the molecule is COC(=O)CCC(=O)/C=C/C=C/C=C/C(=O)CCc1ccccc1OC. The Morgan fingerprint density at radius 3 is 2.08 bits per heavy atom. The summed E-state index contributed by atoms with van der Waals surface area (Å²) in [5.74, 6) is 0.235. The first-order chi connectivity index (χ1) is 12.6. The van der Waals surface area contributed by atoms with Gasteiger partial charge in [0, 0.05) is 12.8 Å². The molecule has 5 nitrogen and oxygen atoms in total. The highest BCUT2D eigenvalue weighted by molar-refractivity contribution is 5.92. The van der Waals surface area contributed by atoms with E-state index in [1.54, 1.807) is 31.4 Å². The van der Waals surface area contributed by atoms with Gasteiger partial charge in [0.2, 0.25) is 0 Å². The maximum atomic E-state index is 11.9. The minimum absolute atomic E-state index is 0.0127. The highest BCUT2D eigenvalue weighted by Gasteiger charge is 2.04. The van der Waals surface area contributed by atoms with E-state index in [9.17, 15) is 14.4 Å². The molecule has 0 N–H and O–H groups in total. The molecule has 1 aromatic rings. The quantitative estimate of drug-likeness (QED) is 0.345. The van der Waals surface area contributed by atoms with Gasteiger partial charge < -0.3 is 9.47 Å². The van der Waals surface area contributed by atoms with Gasteiger partial charge >= 0.3 is 5.97 Å². The number of allylic oxidation sites excluding steroid dienone is 6. The zero-order chi connectivity index (χ0) is 19.2. The molecule has 0 amide bonds. The third-order valence-corrected chi connectivity index (χ3v) is 3.53. The molecule has 0 saturated heterocycles.